The molecular formula is C26H20ClNO5. The van der Waals surface area contributed by atoms with Crippen molar-refractivity contribution >= 4 is 28.5 Å². The first-order valence-corrected chi connectivity index (χ1v) is 10.8. The number of halogens is 1. The molecule has 0 saturated heterocycles. The van der Waals surface area contributed by atoms with Gasteiger partial charge < -0.3 is 19.2 Å². The van der Waals surface area contributed by atoms with Gasteiger partial charge in [0.1, 0.15) is 5.58 Å². The zero-order valence-electron chi connectivity index (χ0n) is 18.0. The monoisotopic (exact) mass is 461 g/mol. The lowest BCUT2D eigenvalue weighted by atomic mass is 9.97. The molecule has 1 aliphatic rings. The molecule has 7 heteroatoms. The van der Waals surface area contributed by atoms with E-state index in [0.717, 1.165) is 11.1 Å². The molecule has 1 aromatic heterocycles. The first-order valence-electron chi connectivity index (χ1n) is 10.4. The maximum Gasteiger partial charge on any atom is 0.291 e. The van der Waals surface area contributed by atoms with Crippen LogP contribution in [0.4, 0.5) is 0 Å². The number of nitrogens with zero attached hydrogens (tertiary/aromatic N) is 1. The molecule has 0 unspecified atom stereocenters. The fourth-order valence-corrected chi connectivity index (χ4v) is 4.46. The Bertz CT molecular complexity index is 1460. The fourth-order valence-electron chi connectivity index (χ4n) is 4.29. The second-order valence-corrected chi connectivity index (χ2v) is 8.43. The van der Waals surface area contributed by atoms with Crippen LogP contribution < -0.4 is 10.2 Å². The van der Waals surface area contributed by atoms with E-state index in [-0.39, 0.29) is 40.7 Å². The Morgan fingerprint density at radius 2 is 1.85 bits per heavy atom. The van der Waals surface area contributed by atoms with Gasteiger partial charge in [-0.3, -0.25) is 9.59 Å². The predicted octanol–water partition coefficient (Wildman–Crippen LogP) is 5.21. The Labute approximate surface area is 194 Å². The number of amides is 1. The van der Waals surface area contributed by atoms with Crippen LogP contribution in [0.3, 0.4) is 0 Å². The Morgan fingerprint density at radius 1 is 1.09 bits per heavy atom. The third kappa shape index (κ3) is 3.43. The van der Waals surface area contributed by atoms with Crippen molar-refractivity contribution in [2.45, 2.75) is 19.5 Å². The molecule has 0 fully saturated rings. The van der Waals surface area contributed by atoms with Crippen molar-refractivity contribution in [3.8, 4) is 11.5 Å². The van der Waals surface area contributed by atoms with Gasteiger partial charge >= 0.3 is 0 Å². The van der Waals surface area contributed by atoms with E-state index >= 15 is 0 Å². The molecule has 33 heavy (non-hydrogen) atoms. The minimum Gasteiger partial charge on any atom is -0.504 e. The summed E-state index contributed by atoms with van der Waals surface area (Å²) in [6.07, 6.45) is 0. The zero-order valence-corrected chi connectivity index (χ0v) is 18.7. The third-order valence-electron chi connectivity index (χ3n) is 5.96. The average molecular weight is 462 g/mol. The number of benzene rings is 3. The highest BCUT2D eigenvalue weighted by molar-refractivity contribution is 6.32. The van der Waals surface area contributed by atoms with Crippen molar-refractivity contribution in [2.75, 3.05) is 7.11 Å². The van der Waals surface area contributed by atoms with Crippen LogP contribution in [0.1, 0.15) is 38.9 Å². The highest BCUT2D eigenvalue weighted by atomic mass is 35.5. The maximum atomic E-state index is 13.7. The van der Waals surface area contributed by atoms with Crippen molar-refractivity contribution in [2.24, 2.45) is 0 Å². The van der Waals surface area contributed by atoms with Crippen LogP contribution in [-0.2, 0) is 6.54 Å². The molecule has 4 aromatic rings. The van der Waals surface area contributed by atoms with Crippen molar-refractivity contribution in [3.63, 3.8) is 0 Å². The van der Waals surface area contributed by atoms with Crippen molar-refractivity contribution < 1.29 is 19.1 Å². The molecular weight excluding hydrogens is 442 g/mol. The van der Waals surface area contributed by atoms with E-state index in [9.17, 15) is 14.7 Å². The Hall–Kier alpha value is -3.77. The summed E-state index contributed by atoms with van der Waals surface area (Å²) >= 11 is 6.28. The van der Waals surface area contributed by atoms with Gasteiger partial charge in [-0.2, -0.15) is 0 Å². The van der Waals surface area contributed by atoms with Gasteiger partial charge in [0, 0.05) is 11.6 Å². The minimum atomic E-state index is -0.720. The molecule has 2 heterocycles. The summed E-state index contributed by atoms with van der Waals surface area (Å²) in [6, 6.07) is 16.8. The van der Waals surface area contributed by atoms with E-state index in [1.807, 2.05) is 37.3 Å². The number of hydrogen-bond acceptors (Lipinski definition) is 5. The third-order valence-corrected chi connectivity index (χ3v) is 6.37. The molecule has 0 radical (unpaired) electrons. The summed E-state index contributed by atoms with van der Waals surface area (Å²) in [6.45, 7) is 2.08. The topological polar surface area (TPSA) is 80.0 Å². The minimum absolute atomic E-state index is 0.0159. The van der Waals surface area contributed by atoms with Crippen LogP contribution in [0, 0.1) is 6.92 Å². The van der Waals surface area contributed by atoms with Gasteiger partial charge in [-0.1, -0.05) is 48.0 Å². The number of carbonyl (C=O) groups excluding carboxylic acids is 1. The number of phenolic OH excluding ortho intramolecular Hbond substituents is 1. The second-order valence-electron chi connectivity index (χ2n) is 8.02. The van der Waals surface area contributed by atoms with E-state index < -0.39 is 6.04 Å². The standard InChI is InChI=1S/C26H20ClNO5/c1-14-10-20-17(12-18(14)27)24(30)22-23(16-8-9-19(29)21(11-16)32-2)28(26(31)25(22)33-20)13-15-6-4-3-5-7-15/h3-12,23,29H,13H2,1-2H3/t23-/m0/s1. The summed E-state index contributed by atoms with van der Waals surface area (Å²) in [7, 11) is 1.44. The number of rotatable bonds is 4. The normalized spacial score (nSPS) is 15.2. The van der Waals surface area contributed by atoms with E-state index in [4.69, 9.17) is 20.8 Å². The number of methoxy groups -OCH3 is 1. The number of ether oxygens (including phenoxy) is 1. The molecule has 0 aliphatic carbocycles. The maximum absolute atomic E-state index is 13.7. The number of fused-ring (bicyclic) bond motifs is 2. The molecule has 0 bridgehead atoms. The van der Waals surface area contributed by atoms with Crippen LogP contribution in [0.5, 0.6) is 11.5 Å². The lowest BCUT2D eigenvalue weighted by molar-refractivity contribution is 0.0714. The summed E-state index contributed by atoms with van der Waals surface area (Å²) in [4.78, 5) is 28.8. The molecule has 6 nitrogen and oxygen atoms in total. The number of carbonyl (C=O) groups is 1. The lowest BCUT2D eigenvalue weighted by Gasteiger charge is -2.25. The smallest absolute Gasteiger partial charge is 0.291 e. The van der Waals surface area contributed by atoms with E-state index in [0.29, 0.717) is 21.6 Å². The summed E-state index contributed by atoms with van der Waals surface area (Å²) in [5.74, 6) is -0.148. The Morgan fingerprint density at radius 3 is 2.58 bits per heavy atom. The highest BCUT2D eigenvalue weighted by Crippen LogP contribution is 2.41. The summed E-state index contributed by atoms with van der Waals surface area (Å²) < 4.78 is 11.3. The fraction of sp³-hybridized carbons (Fsp3) is 0.154. The van der Waals surface area contributed by atoms with Gasteiger partial charge in [-0.15, -0.1) is 0 Å². The van der Waals surface area contributed by atoms with E-state index in [1.54, 1.807) is 29.2 Å². The zero-order chi connectivity index (χ0) is 23.3. The van der Waals surface area contributed by atoms with Gasteiger partial charge in [0.25, 0.3) is 5.91 Å². The van der Waals surface area contributed by atoms with Crippen LogP contribution in [0.25, 0.3) is 11.0 Å². The number of aryl methyl sites for hydroxylation is 1. The summed E-state index contributed by atoms with van der Waals surface area (Å²) in [5.41, 5.74) is 2.53. The van der Waals surface area contributed by atoms with E-state index in [1.165, 1.54) is 13.2 Å². The summed E-state index contributed by atoms with van der Waals surface area (Å²) in [5, 5.41) is 10.8. The lowest BCUT2D eigenvalue weighted by Crippen LogP contribution is -2.29. The number of phenols is 1. The van der Waals surface area contributed by atoms with Gasteiger partial charge in [0.2, 0.25) is 5.76 Å². The van der Waals surface area contributed by atoms with Crippen LogP contribution >= 0.6 is 11.6 Å². The Kier molecular flexibility index (Phi) is 5.10. The predicted molar refractivity (Wildman–Crippen MR) is 125 cm³/mol. The number of hydrogen-bond donors (Lipinski definition) is 1. The van der Waals surface area contributed by atoms with Gasteiger partial charge in [0.05, 0.1) is 24.1 Å². The quantitative estimate of drug-likeness (QED) is 0.451. The largest absolute Gasteiger partial charge is 0.504 e. The molecule has 3 aromatic carbocycles. The first-order chi connectivity index (χ1) is 15.9. The number of aromatic hydroxyl groups is 1. The highest BCUT2D eigenvalue weighted by Gasteiger charge is 2.43. The van der Waals surface area contributed by atoms with Crippen molar-refractivity contribution in [1.29, 1.82) is 0 Å². The SMILES string of the molecule is COc1cc([C@H]2c3c(oc4cc(C)c(Cl)cc4c3=O)C(=O)N2Cc2ccccc2)ccc1O. The van der Waals surface area contributed by atoms with E-state index in [2.05, 4.69) is 0 Å². The van der Waals surface area contributed by atoms with Gasteiger partial charge in [-0.05, 0) is 47.9 Å². The van der Waals surface area contributed by atoms with Gasteiger partial charge in [0.15, 0.2) is 16.9 Å². The second kappa shape index (κ2) is 7.98. The Balaban J connectivity index is 1.76. The molecule has 5 rings (SSSR count). The van der Waals surface area contributed by atoms with Crippen molar-refractivity contribution in [1.82, 2.24) is 4.90 Å². The first kappa shape index (κ1) is 21.1. The van der Waals surface area contributed by atoms with Crippen molar-refractivity contribution in [3.05, 3.63) is 104 Å². The van der Waals surface area contributed by atoms with Crippen LogP contribution in [-0.4, -0.2) is 23.0 Å². The molecule has 166 valence electrons. The van der Waals surface area contributed by atoms with Gasteiger partial charge in [-0.25, -0.2) is 0 Å². The molecule has 0 spiro atoms. The molecule has 1 aliphatic heterocycles. The van der Waals surface area contributed by atoms with Crippen LogP contribution in [0.2, 0.25) is 5.02 Å². The molecule has 1 N–H and O–H groups in total. The molecule has 1 amide bonds. The molecule has 0 saturated carbocycles. The van der Waals surface area contributed by atoms with Crippen LogP contribution in [0.15, 0.2) is 69.9 Å². The molecule has 1 atom stereocenters. The average Bonchev–Trinajstić information content (AvgIpc) is 3.08.